The number of benzene rings is 2. The summed E-state index contributed by atoms with van der Waals surface area (Å²) in [5.41, 5.74) is 1.64. The third kappa shape index (κ3) is 6.70. The van der Waals surface area contributed by atoms with Crippen LogP contribution in [-0.4, -0.2) is 85.3 Å². The van der Waals surface area contributed by atoms with E-state index >= 15 is 0 Å². The standard InChI is InChI=1S/C45H53N3O11/c1-20-14-17-48-29(19-20)46-33-30-31-37(51)25(6)41-32(30)42(53)45(10,59-41)56-18-15-28(55-11)22(3)39(57-27(8)49)23(4)36(50)24(5)40-26(7)44(9,58-40)16-12-13-21(2)43(54)47-34(35(33)48)38(31)52/h12-19,22-24,26,28,36,39-40,50-52H,1-11H3,(H,47,54)/b16-12+,18-15+,21-13-/t22-,23-,24+,26-,28+,36+,39-,40-,44+,45+/m1/s1. The zero-order chi connectivity index (χ0) is 43.0. The van der Waals surface area contributed by atoms with Crippen molar-refractivity contribution in [3.05, 3.63) is 71.2 Å². The Hall–Kier alpha value is -5.44. The maximum Gasteiger partial charge on any atom is 0.312 e. The second-order valence-electron chi connectivity index (χ2n) is 16.8. The largest absolute Gasteiger partial charge is 0.507 e. The minimum absolute atomic E-state index is 0.0154. The molecule has 6 aliphatic rings. The lowest BCUT2D eigenvalue weighted by molar-refractivity contribution is -0.251. The number of ether oxygens (including phenoxy) is 5. The van der Waals surface area contributed by atoms with Gasteiger partial charge in [-0.1, -0.05) is 45.9 Å². The number of aromatic hydroxyl groups is 2. The average molecular weight is 812 g/mol. The number of aryl methyl sites for hydroxylation is 1. The van der Waals surface area contributed by atoms with Gasteiger partial charge in [0, 0.05) is 67.3 Å². The number of carbonyl (C=O) groups excluding carboxylic acids is 3. The number of phenols is 2. The normalized spacial score (nSPS) is 33.5. The molecule has 14 heteroatoms. The van der Waals surface area contributed by atoms with Gasteiger partial charge < -0.3 is 44.3 Å². The van der Waals surface area contributed by atoms with Gasteiger partial charge in [0.15, 0.2) is 5.75 Å². The molecular weight excluding hydrogens is 759 g/mol. The minimum Gasteiger partial charge on any atom is -0.507 e. The van der Waals surface area contributed by atoms with Crippen molar-refractivity contribution < 1.29 is 53.4 Å². The molecule has 10 rings (SSSR count). The van der Waals surface area contributed by atoms with Crippen LogP contribution in [0, 0.1) is 37.5 Å². The van der Waals surface area contributed by atoms with Crippen LogP contribution in [-0.2, 0) is 28.5 Å². The Labute approximate surface area is 342 Å². The number of imidazole rings is 1. The Kier molecular flexibility index (Phi) is 10.6. The number of esters is 1. The highest BCUT2D eigenvalue weighted by molar-refractivity contribution is 6.28. The van der Waals surface area contributed by atoms with E-state index in [0.29, 0.717) is 16.7 Å². The Morgan fingerprint density at radius 1 is 1.02 bits per heavy atom. The quantitative estimate of drug-likeness (QED) is 0.121. The van der Waals surface area contributed by atoms with Crippen molar-refractivity contribution in [2.45, 2.75) is 105 Å². The van der Waals surface area contributed by atoms with Gasteiger partial charge in [-0.15, -0.1) is 0 Å². The molecule has 8 heterocycles. The number of pyridine rings is 1. The number of hydrogen-bond acceptors (Lipinski definition) is 12. The molecule has 0 unspecified atom stereocenters. The first-order valence-electron chi connectivity index (χ1n) is 19.9. The number of methoxy groups -OCH3 is 1. The van der Waals surface area contributed by atoms with Crippen LogP contribution < -0.4 is 10.1 Å². The lowest BCUT2D eigenvalue weighted by atomic mass is 9.70. The van der Waals surface area contributed by atoms with Crippen molar-refractivity contribution in [2.75, 3.05) is 12.4 Å². The monoisotopic (exact) mass is 811 g/mol. The van der Waals surface area contributed by atoms with Gasteiger partial charge in [0.2, 0.25) is 0 Å². The fraction of sp³-hybridized carbons (Fsp3) is 0.467. The topological polar surface area (TPSA) is 187 Å². The number of hydrogen-bond donors (Lipinski definition) is 4. The van der Waals surface area contributed by atoms with E-state index in [1.54, 1.807) is 42.7 Å². The summed E-state index contributed by atoms with van der Waals surface area (Å²) in [6.45, 7) is 17.4. The number of carbonyl (C=O) groups is 3. The summed E-state index contributed by atoms with van der Waals surface area (Å²) >= 11 is 0. The van der Waals surface area contributed by atoms with Crippen LogP contribution in [0.25, 0.3) is 27.5 Å². The molecule has 1 amide bonds. The van der Waals surface area contributed by atoms with E-state index in [1.165, 1.54) is 27.2 Å². The van der Waals surface area contributed by atoms with Crippen LogP contribution in [0.15, 0.2) is 54.5 Å². The third-order valence-corrected chi connectivity index (χ3v) is 12.8. The number of amides is 1. The molecule has 1 saturated heterocycles. The summed E-state index contributed by atoms with van der Waals surface area (Å²) in [5, 5.41) is 38.5. The smallest absolute Gasteiger partial charge is 0.312 e. The van der Waals surface area contributed by atoms with Crippen molar-refractivity contribution in [3.8, 4) is 17.2 Å². The van der Waals surface area contributed by atoms with E-state index in [1.807, 2.05) is 59.8 Å². The molecule has 59 heavy (non-hydrogen) atoms. The summed E-state index contributed by atoms with van der Waals surface area (Å²) in [6, 6.07) is 3.67. The SMILES string of the molecule is CO[C@H]1/C=C/O[C@@]2(C)Oc3c(C)c(O)c4c(O)c(c5c(nc6cc(C)ccn65)c4c3C2=O)NC(=O)/C(C)=C\C=C\[C@]2(C)O[C@H]([C@@H](C)[C@@H](O)[C@@H](C)[C@H](OC(C)=O)[C@@H]1C)[C@H]2C. The van der Waals surface area contributed by atoms with Crippen LogP contribution in [0.5, 0.6) is 17.2 Å². The molecule has 1 fully saturated rings. The molecule has 0 spiro atoms. The van der Waals surface area contributed by atoms with Crippen LogP contribution in [0.4, 0.5) is 5.69 Å². The van der Waals surface area contributed by atoms with Gasteiger partial charge >= 0.3 is 11.8 Å². The number of ketones is 1. The first-order chi connectivity index (χ1) is 27.7. The van der Waals surface area contributed by atoms with Gasteiger partial charge in [-0.05, 0) is 51.5 Å². The Bertz CT molecular complexity index is 2500. The average Bonchev–Trinajstić information content (AvgIpc) is 3.69. The second kappa shape index (κ2) is 15.0. The number of rotatable bonds is 2. The molecule has 0 aliphatic carbocycles. The van der Waals surface area contributed by atoms with Gasteiger partial charge in [-0.2, -0.15) is 0 Å². The number of aromatic nitrogens is 2. The zero-order valence-corrected chi connectivity index (χ0v) is 35.2. The maximum atomic E-state index is 14.6. The molecule has 4 aromatic rings. The number of nitrogens with zero attached hydrogens (tertiary/aromatic N) is 2. The highest BCUT2D eigenvalue weighted by Crippen LogP contribution is 2.54. The molecule has 2 aromatic carbocycles. The van der Waals surface area contributed by atoms with E-state index in [4.69, 9.17) is 28.7 Å². The predicted molar refractivity (Wildman–Crippen MR) is 220 cm³/mol. The number of phenolic OH excluding ortho intramolecular Hbond substituents is 2. The van der Waals surface area contributed by atoms with Crippen LogP contribution in [0.2, 0.25) is 0 Å². The Morgan fingerprint density at radius 3 is 2.39 bits per heavy atom. The molecule has 4 N–H and O–H groups in total. The van der Waals surface area contributed by atoms with Gasteiger partial charge in [-0.25, -0.2) is 4.98 Å². The van der Waals surface area contributed by atoms with Crippen LogP contribution in [0.3, 0.4) is 0 Å². The number of anilines is 1. The number of fused-ring (bicyclic) bond motifs is 1. The number of Topliss-reactive ketones (excluding diaryl/α,β-unsaturated/α-hetero) is 1. The number of aliphatic hydroxyl groups excluding tert-OH is 1. The first-order valence-corrected chi connectivity index (χ1v) is 19.9. The number of aliphatic hydroxyl groups is 1. The Balaban J connectivity index is 1.42. The molecule has 314 valence electrons. The maximum absolute atomic E-state index is 14.6. The van der Waals surface area contributed by atoms with Crippen molar-refractivity contribution in [1.29, 1.82) is 0 Å². The summed E-state index contributed by atoms with van der Waals surface area (Å²) in [4.78, 5) is 45.9. The summed E-state index contributed by atoms with van der Waals surface area (Å²) in [5.74, 6) is -5.87. The second-order valence-corrected chi connectivity index (χ2v) is 16.8. The van der Waals surface area contributed by atoms with Gasteiger partial charge in [-0.3, -0.25) is 18.8 Å². The highest BCUT2D eigenvalue weighted by atomic mass is 16.7. The van der Waals surface area contributed by atoms with E-state index < -0.39 is 64.9 Å². The molecular formula is C45H53N3O11. The molecule has 10 atom stereocenters. The van der Waals surface area contributed by atoms with Gasteiger partial charge in [0.05, 0.1) is 41.1 Å². The van der Waals surface area contributed by atoms with E-state index in [9.17, 15) is 29.7 Å². The lowest BCUT2D eigenvalue weighted by Crippen LogP contribution is -2.60. The fourth-order valence-corrected chi connectivity index (χ4v) is 8.95. The van der Waals surface area contributed by atoms with E-state index in [0.717, 1.165) is 5.56 Å². The minimum atomic E-state index is -1.94. The molecule has 0 saturated carbocycles. The fourth-order valence-electron chi connectivity index (χ4n) is 8.95. The lowest BCUT2D eigenvalue weighted by Gasteiger charge is -2.54. The molecule has 2 aromatic heterocycles. The number of nitrogens with one attached hydrogen (secondary N) is 1. The van der Waals surface area contributed by atoms with E-state index in [2.05, 4.69) is 5.32 Å². The van der Waals surface area contributed by atoms with Crippen LogP contribution >= 0.6 is 0 Å². The van der Waals surface area contributed by atoms with Crippen molar-refractivity contribution in [2.24, 2.45) is 23.7 Å². The van der Waals surface area contributed by atoms with Crippen molar-refractivity contribution in [1.82, 2.24) is 9.38 Å². The highest BCUT2D eigenvalue weighted by Gasteiger charge is 2.53. The van der Waals surface area contributed by atoms with Crippen LogP contribution in [0.1, 0.15) is 76.9 Å². The molecule has 7 bridgehead atoms. The predicted octanol–water partition coefficient (Wildman–Crippen LogP) is 6.95. The summed E-state index contributed by atoms with van der Waals surface area (Å²) < 4.78 is 32.2. The molecule has 0 radical (unpaired) electrons. The van der Waals surface area contributed by atoms with Gasteiger partial charge in [0.1, 0.15) is 40.0 Å². The molecule has 14 nitrogen and oxygen atoms in total. The Morgan fingerprint density at radius 2 is 1.73 bits per heavy atom. The van der Waals surface area contributed by atoms with Gasteiger partial charge in [0.25, 0.3) is 11.7 Å². The summed E-state index contributed by atoms with van der Waals surface area (Å²) in [7, 11) is 1.49. The van der Waals surface area contributed by atoms with Crippen molar-refractivity contribution in [3.63, 3.8) is 0 Å². The van der Waals surface area contributed by atoms with E-state index in [-0.39, 0.29) is 62.5 Å². The summed E-state index contributed by atoms with van der Waals surface area (Å²) in [6.07, 6.45) is 7.05. The zero-order valence-electron chi connectivity index (χ0n) is 35.2. The van der Waals surface area contributed by atoms with Crippen molar-refractivity contribution >= 4 is 50.8 Å². The number of allylic oxidation sites excluding steroid dienone is 2. The third-order valence-electron chi connectivity index (χ3n) is 12.8. The molecule has 6 aliphatic heterocycles. The first kappa shape index (κ1) is 41.7.